The molecule has 0 fully saturated rings. The molecule has 2 N–H and O–H groups in total. The van der Waals surface area contributed by atoms with Crippen LogP contribution in [0.4, 0.5) is 0 Å². The summed E-state index contributed by atoms with van der Waals surface area (Å²) in [5.41, 5.74) is 4.70. The van der Waals surface area contributed by atoms with Crippen molar-refractivity contribution in [1.82, 2.24) is 0 Å². The highest BCUT2D eigenvalue weighted by molar-refractivity contribution is 6.68. The number of halogens is 2. The van der Waals surface area contributed by atoms with Gasteiger partial charge in [-0.3, -0.25) is 0 Å². The van der Waals surface area contributed by atoms with Gasteiger partial charge in [0.1, 0.15) is 0 Å². The average molecular weight is 503 g/mol. The van der Waals surface area contributed by atoms with E-state index < -0.39 is 25.8 Å². The first-order valence-electron chi connectivity index (χ1n) is 11.5. The maximum Gasteiger partial charge on any atom is 0.359 e. The van der Waals surface area contributed by atoms with Crippen molar-refractivity contribution in [3.63, 3.8) is 0 Å². The van der Waals surface area contributed by atoms with E-state index in [4.69, 9.17) is 27.9 Å². The molecular formula is C28H26B2Cl2O3. The predicted octanol–water partition coefficient (Wildman–Crippen LogP) is 5.27. The van der Waals surface area contributed by atoms with Gasteiger partial charge in [0.05, 0.1) is 12.0 Å². The van der Waals surface area contributed by atoms with E-state index >= 15 is 0 Å². The Balaban J connectivity index is 1.76. The van der Waals surface area contributed by atoms with Crippen molar-refractivity contribution in [2.75, 3.05) is 0 Å². The largest absolute Gasteiger partial charge is 0.445 e. The third-order valence-corrected chi connectivity index (χ3v) is 7.02. The summed E-state index contributed by atoms with van der Waals surface area (Å²) in [7, 11) is 0. The number of benzene rings is 4. The molecule has 2 atom stereocenters. The Hall–Kier alpha value is -2.53. The lowest BCUT2D eigenvalue weighted by Crippen LogP contribution is -2.44. The number of hydrogen-bond acceptors (Lipinski definition) is 3. The highest BCUT2D eigenvalue weighted by atomic mass is 35.5. The summed E-state index contributed by atoms with van der Waals surface area (Å²) in [5.74, 6) is 0. The molecule has 0 aliphatic rings. The van der Waals surface area contributed by atoms with E-state index in [-0.39, 0.29) is 0 Å². The molecule has 3 nitrogen and oxygen atoms in total. The van der Waals surface area contributed by atoms with E-state index in [2.05, 4.69) is 0 Å². The molecule has 4 aromatic rings. The van der Waals surface area contributed by atoms with E-state index in [1.807, 2.05) is 86.6 Å². The fourth-order valence-corrected chi connectivity index (χ4v) is 4.40. The lowest BCUT2D eigenvalue weighted by Gasteiger charge is -2.29. The fraction of sp³-hybridized carbons (Fsp3) is 0.143. The van der Waals surface area contributed by atoms with E-state index in [1.165, 1.54) is 0 Å². The Morgan fingerprint density at radius 2 is 0.971 bits per heavy atom. The molecule has 0 radical (unpaired) electrons. The normalized spacial score (nSPS) is 12.7. The zero-order chi connectivity index (χ0) is 24.9. The zero-order valence-corrected chi connectivity index (χ0v) is 21.1. The van der Waals surface area contributed by atoms with Crippen LogP contribution in [0.5, 0.6) is 0 Å². The van der Waals surface area contributed by atoms with Gasteiger partial charge in [-0.25, -0.2) is 0 Å². The molecule has 0 saturated heterocycles. The fourth-order valence-electron chi connectivity index (χ4n) is 4.17. The molecular weight excluding hydrogens is 477 g/mol. The summed E-state index contributed by atoms with van der Waals surface area (Å²) >= 11 is 12.4. The molecule has 35 heavy (non-hydrogen) atoms. The van der Waals surface area contributed by atoms with Crippen LogP contribution in [0.1, 0.15) is 34.3 Å². The van der Waals surface area contributed by atoms with Gasteiger partial charge in [0, 0.05) is 10.0 Å². The van der Waals surface area contributed by atoms with Gasteiger partial charge in [-0.05, 0) is 59.2 Å². The lowest BCUT2D eigenvalue weighted by atomic mass is 9.52. The van der Waals surface area contributed by atoms with Crippen LogP contribution in [-0.2, 0) is 4.74 Å². The number of aryl methyl sites for hydroxylation is 2. The van der Waals surface area contributed by atoms with Gasteiger partial charge in [-0.2, -0.15) is 0 Å². The smallest absolute Gasteiger partial charge is 0.359 e. The Bertz CT molecular complexity index is 1170. The van der Waals surface area contributed by atoms with Crippen LogP contribution in [0.25, 0.3) is 0 Å². The number of rotatable bonds is 8. The van der Waals surface area contributed by atoms with Gasteiger partial charge in [0.15, 0.2) is 0 Å². The molecule has 0 saturated carbocycles. The second-order valence-electron chi connectivity index (χ2n) is 8.71. The molecule has 4 aromatic carbocycles. The monoisotopic (exact) mass is 502 g/mol. The summed E-state index contributed by atoms with van der Waals surface area (Å²) in [4.78, 5) is 0. The van der Waals surface area contributed by atoms with Crippen molar-refractivity contribution in [2.24, 2.45) is 0 Å². The predicted molar refractivity (Wildman–Crippen MR) is 147 cm³/mol. The summed E-state index contributed by atoms with van der Waals surface area (Å²) in [6, 6.07) is 28.5. The molecule has 0 aromatic heterocycles. The van der Waals surface area contributed by atoms with Crippen LogP contribution in [0.15, 0.2) is 97.1 Å². The van der Waals surface area contributed by atoms with E-state index in [9.17, 15) is 10.0 Å². The summed E-state index contributed by atoms with van der Waals surface area (Å²) in [6.07, 6.45) is 0. The van der Waals surface area contributed by atoms with E-state index in [1.54, 1.807) is 24.3 Å². The van der Waals surface area contributed by atoms with E-state index in [0.717, 1.165) is 22.3 Å². The van der Waals surface area contributed by atoms with Gasteiger partial charge in [0.2, 0.25) is 0 Å². The Kier molecular flexibility index (Phi) is 8.38. The SMILES string of the molecule is Cc1cc(B(O)C(OC(B(O)c2ccc(Cl)c(C)c2)c2ccccc2)c2ccccc2)ccc1Cl. The first kappa shape index (κ1) is 25.6. The second kappa shape index (κ2) is 11.5. The van der Waals surface area contributed by atoms with Crippen molar-refractivity contribution < 1.29 is 14.8 Å². The highest BCUT2D eigenvalue weighted by Crippen LogP contribution is 2.30. The minimum absolute atomic E-state index is 0.633. The van der Waals surface area contributed by atoms with Crippen LogP contribution in [0.3, 0.4) is 0 Å². The van der Waals surface area contributed by atoms with Gasteiger partial charge >= 0.3 is 13.8 Å². The van der Waals surface area contributed by atoms with Gasteiger partial charge in [-0.1, -0.05) is 108 Å². The Labute approximate surface area is 217 Å². The zero-order valence-electron chi connectivity index (χ0n) is 19.6. The molecule has 2 unspecified atom stereocenters. The third-order valence-electron chi connectivity index (χ3n) is 6.17. The topological polar surface area (TPSA) is 49.7 Å². The molecule has 0 heterocycles. The van der Waals surface area contributed by atoms with Crippen LogP contribution in [0.2, 0.25) is 10.0 Å². The Morgan fingerprint density at radius 3 is 1.31 bits per heavy atom. The van der Waals surface area contributed by atoms with Crippen LogP contribution in [-0.4, -0.2) is 23.9 Å². The molecule has 0 aliphatic heterocycles. The molecule has 7 heteroatoms. The first-order chi connectivity index (χ1) is 16.8. The minimum Gasteiger partial charge on any atom is -0.445 e. The molecule has 0 spiro atoms. The minimum atomic E-state index is -0.987. The van der Waals surface area contributed by atoms with Crippen LogP contribution in [0, 0.1) is 13.8 Å². The molecule has 0 bridgehead atoms. The van der Waals surface area contributed by atoms with Crippen LogP contribution >= 0.6 is 23.2 Å². The maximum atomic E-state index is 11.5. The lowest BCUT2D eigenvalue weighted by molar-refractivity contribution is 0.0592. The average Bonchev–Trinajstić information content (AvgIpc) is 2.88. The Morgan fingerprint density at radius 1 is 0.600 bits per heavy atom. The van der Waals surface area contributed by atoms with Gasteiger partial charge in [0.25, 0.3) is 0 Å². The summed E-state index contributed by atoms with van der Waals surface area (Å²) in [5, 5.41) is 24.3. The standard InChI is InChI=1S/C28H26B2Cl2O3/c1-19-17-23(13-15-25(19)31)29(33)27(21-9-5-3-6-10-21)35-28(22-11-7-4-8-12-22)30(34)24-14-16-26(32)20(2)18-24/h3-18,27-28,33-34H,1-2H3. The second-order valence-corrected chi connectivity index (χ2v) is 9.52. The number of ether oxygens (including phenoxy) is 1. The molecule has 176 valence electrons. The number of hydrogen-bond donors (Lipinski definition) is 2. The quantitative estimate of drug-likeness (QED) is 0.323. The van der Waals surface area contributed by atoms with Crippen molar-refractivity contribution in [2.45, 2.75) is 25.9 Å². The molecule has 0 aliphatic carbocycles. The summed E-state index contributed by atoms with van der Waals surface area (Å²) < 4.78 is 6.63. The molecule has 4 rings (SSSR count). The van der Waals surface area contributed by atoms with Crippen molar-refractivity contribution >= 4 is 48.0 Å². The summed E-state index contributed by atoms with van der Waals surface area (Å²) in [6.45, 7) is 1.82. The third kappa shape index (κ3) is 6.00. The van der Waals surface area contributed by atoms with Gasteiger partial charge in [-0.15, -0.1) is 0 Å². The molecule has 0 amide bonds. The highest BCUT2D eigenvalue weighted by Gasteiger charge is 2.37. The first-order valence-corrected chi connectivity index (χ1v) is 12.2. The van der Waals surface area contributed by atoms with Crippen molar-refractivity contribution in [3.05, 3.63) is 129 Å². The van der Waals surface area contributed by atoms with Gasteiger partial charge < -0.3 is 14.8 Å². The van der Waals surface area contributed by atoms with Crippen molar-refractivity contribution in [1.29, 1.82) is 0 Å². The maximum absolute atomic E-state index is 11.5. The van der Waals surface area contributed by atoms with Crippen molar-refractivity contribution in [3.8, 4) is 0 Å². The van der Waals surface area contributed by atoms with Crippen LogP contribution < -0.4 is 10.9 Å². The van der Waals surface area contributed by atoms with E-state index in [0.29, 0.717) is 21.0 Å².